The van der Waals surface area contributed by atoms with Crippen LogP contribution in [-0.4, -0.2) is 25.9 Å². The number of carbonyl (C=O) groups is 2. The number of rotatable bonds is 9. The molecule has 0 heterocycles. The van der Waals surface area contributed by atoms with Crippen molar-refractivity contribution < 1.29 is 19.2 Å². The highest BCUT2D eigenvalue weighted by molar-refractivity contribution is 5.90. The van der Waals surface area contributed by atoms with Crippen molar-refractivity contribution in [3.8, 4) is 11.5 Å². The lowest BCUT2D eigenvalue weighted by atomic mass is 10.2. The molecule has 0 spiro atoms. The van der Waals surface area contributed by atoms with Gasteiger partial charge in [0.25, 0.3) is 0 Å². The zero-order valence-corrected chi connectivity index (χ0v) is 17.8. The van der Waals surface area contributed by atoms with Crippen molar-refractivity contribution in [1.82, 2.24) is 9.96 Å². The maximum absolute atomic E-state index is 12.8. The molecule has 2 amide bonds. The third-order valence-corrected chi connectivity index (χ3v) is 4.90. The summed E-state index contributed by atoms with van der Waals surface area (Å²) in [5.74, 6) is 0.957. The molecule has 0 saturated heterocycles. The fourth-order valence-corrected chi connectivity index (χ4v) is 2.99. The van der Waals surface area contributed by atoms with E-state index in [9.17, 15) is 9.59 Å². The maximum Gasteiger partial charge on any atom is 0.318 e. The Morgan fingerprint density at radius 1 is 0.806 bits per heavy atom. The van der Waals surface area contributed by atoms with Crippen molar-refractivity contribution in [2.24, 2.45) is 0 Å². The van der Waals surface area contributed by atoms with Gasteiger partial charge in [-0.3, -0.25) is 9.63 Å². The van der Waals surface area contributed by atoms with Crippen molar-refractivity contribution >= 4 is 17.5 Å². The van der Waals surface area contributed by atoms with Crippen molar-refractivity contribution in [3.05, 3.63) is 90.5 Å². The molecule has 31 heavy (non-hydrogen) atoms. The summed E-state index contributed by atoms with van der Waals surface area (Å²) in [5, 5.41) is 0. The normalized spacial score (nSPS) is 11.0. The Balaban J connectivity index is 1.52. The van der Waals surface area contributed by atoms with Crippen LogP contribution in [0.5, 0.6) is 11.5 Å². The van der Waals surface area contributed by atoms with E-state index in [-0.39, 0.29) is 35.7 Å². The minimum absolute atomic E-state index is 0.00411. The van der Waals surface area contributed by atoms with E-state index >= 15 is 0 Å². The predicted octanol–water partition coefficient (Wildman–Crippen LogP) is 4.60. The number of benzene rings is 3. The Kier molecular flexibility index (Phi) is 7.54. The Hall–Kier alpha value is -3.48. The van der Waals surface area contributed by atoms with Gasteiger partial charge in [0.15, 0.2) is 0 Å². The SMILES string of the molecule is C[N+](C)(C(=O)CCC(=O)NOCc1ccccc1)c1cccc(Oc2ccccc2)c1. The van der Waals surface area contributed by atoms with Crippen LogP contribution in [-0.2, 0) is 21.0 Å². The Labute approximate surface area is 182 Å². The molecule has 0 fully saturated rings. The van der Waals surface area contributed by atoms with Crippen LogP contribution in [0.4, 0.5) is 5.69 Å². The van der Waals surface area contributed by atoms with E-state index in [0.29, 0.717) is 5.75 Å². The van der Waals surface area contributed by atoms with E-state index < -0.39 is 0 Å². The van der Waals surface area contributed by atoms with Gasteiger partial charge >= 0.3 is 5.91 Å². The molecule has 160 valence electrons. The summed E-state index contributed by atoms with van der Waals surface area (Å²) >= 11 is 0. The molecule has 3 rings (SSSR count). The van der Waals surface area contributed by atoms with Gasteiger partial charge in [-0.2, -0.15) is 0 Å². The third-order valence-electron chi connectivity index (χ3n) is 4.90. The van der Waals surface area contributed by atoms with Crippen molar-refractivity contribution in [2.75, 3.05) is 14.1 Å². The van der Waals surface area contributed by atoms with Crippen LogP contribution < -0.4 is 14.7 Å². The summed E-state index contributed by atoms with van der Waals surface area (Å²) in [6, 6.07) is 26.4. The van der Waals surface area contributed by atoms with E-state index in [1.807, 2.05) is 84.9 Å². The van der Waals surface area contributed by atoms with Crippen LogP contribution in [0.2, 0.25) is 0 Å². The number of ether oxygens (including phenoxy) is 1. The number of hydrogen-bond donors (Lipinski definition) is 1. The summed E-state index contributed by atoms with van der Waals surface area (Å²) in [4.78, 5) is 30.1. The number of hydroxylamine groups is 1. The molecule has 0 aliphatic carbocycles. The largest absolute Gasteiger partial charge is 0.457 e. The standard InChI is InChI=1S/C25H26N2O4/c1-27(2,21-12-9-15-23(18-21)31-22-13-7-4-8-14-22)25(29)17-16-24(28)26-30-19-20-10-5-3-6-11-20/h3-15,18H,16-17,19H2,1-2H3/p+1. The van der Waals surface area contributed by atoms with Crippen LogP contribution in [0.1, 0.15) is 18.4 Å². The van der Waals surface area contributed by atoms with Gasteiger partial charge in [0.2, 0.25) is 5.91 Å². The van der Waals surface area contributed by atoms with Gasteiger partial charge in [-0.1, -0.05) is 54.6 Å². The molecule has 0 unspecified atom stereocenters. The fourth-order valence-electron chi connectivity index (χ4n) is 2.99. The number of hydrogen-bond acceptors (Lipinski definition) is 4. The molecule has 0 saturated carbocycles. The van der Waals surface area contributed by atoms with Crippen LogP contribution in [0.3, 0.4) is 0 Å². The molecule has 0 aromatic heterocycles. The lowest BCUT2D eigenvalue weighted by Crippen LogP contribution is -2.46. The predicted molar refractivity (Wildman–Crippen MR) is 120 cm³/mol. The smallest absolute Gasteiger partial charge is 0.318 e. The second kappa shape index (κ2) is 10.5. The van der Waals surface area contributed by atoms with E-state index in [1.54, 1.807) is 14.1 Å². The van der Waals surface area contributed by atoms with E-state index in [2.05, 4.69) is 5.48 Å². The Bertz CT molecular complexity index is 1000. The highest BCUT2D eigenvalue weighted by atomic mass is 16.6. The van der Waals surface area contributed by atoms with Crippen molar-refractivity contribution in [1.29, 1.82) is 0 Å². The first-order chi connectivity index (χ1) is 14.9. The van der Waals surface area contributed by atoms with Gasteiger partial charge in [-0.25, -0.2) is 14.8 Å². The number of nitrogens with one attached hydrogen (secondary N) is 1. The average molecular weight is 420 g/mol. The molecular weight excluding hydrogens is 392 g/mol. The molecule has 0 aliphatic heterocycles. The highest BCUT2D eigenvalue weighted by Gasteiger charge is 2.30. The van der Waals surface area contributed by atoms with Gasteiger partial charge in [0, 0.05) is 12.5 Å². The molecular formula is C25H27N2O4+. The number of quaternary nitrogens is 1. The number of carbonyl (C=O) groups excluding carboxylic acids is 2. The highest BCUT2D eigenvalue weighted by Crippen LogP contribution is 2.28. The molecule has 0 bridgehead atoms. The Morgan fingerprint density at radius 3 is 2.16 bits per heavy atom. The third kappa shape index (κ3) is 6.50. The monoisotopic (exact) mass is 419 g/mol. The van der Waals surface area contributed by atoms with E-state index in [4.69, 9.17) is 9.57 Å². The number of nitrogens with zero attached hydrogens (tertiary/aromatic N) is 1. The Morgan fingerprint density at radius 2 is 1.45 bits per heavy atom. The van der Waals surface area contributed by atoms with Crippen LogP contribution >= 0.6 is 0 Å². The number of para-hydroxylation sites is 1. The lowest BCUT2D eigenvalue weighted by molar-refractivity contribution is -0.137. The van der Waals surface area contributed by atoms with Crippen LogP contribution in [0.25, 0.3) is 0 Å². The molecule has 3 aromatic carbocycles. The lowest BCUT2D eigenvalue weighted by Gasteiger charge is -2.26. The first-order valence-corrected chi connectivity index (χ1v) is 10.1. The second-order valence-electron chi connectivity index (χ2n) is 7.56. The zero-order chi connectivity index (χ0) is 22.1. The van der Waals surface area contributed by atoms with Gasteiger partial charge in [-0.15, -0.1) is 0 Å². The summed E-state index contributed by atoms with van der Waals surface area (Å²) in [6.45, 7) is 0.274. The van der Waals surface area contributed by atoms with Crippen LogP contribution in [0.15, 0.2) is 84.9 Å². The van der Waals surface area contributed by atoms with Gasteiger partial charge in [0.1, 0.15) is 17.2 Å². The summed E-state index contributed by atoms with van der Waals surface area (Å²) in [5.41, 5.74) is 4.13. The number of amides is 2. The molecule has 3 aromatic rings. The fraction of sp³-hybridized carbons (Fsp3) is 0.200. The molecule has 6 nitrogen and oxygen atoms in total. The van der Waals surface area contributed by atoms with Gasteiger partial charge < -0.3 is 4.74 Å². The first kappa shape index (κ1) is 22.2. The van der Waals surface area contributed by atoms with Crippen molar-refractivity contribution in [2.45, 2.75) is 19.4 Å². The van der Waals surface area contributed by atoms with Gasteiger partial charge in [-0.05, 0) is 29.8 Å². The minimum Gasteiger partial charge on any atom is -0.457 e. The minimum atomic E-state index is -0.328. The van der Waals surface area contributed by atoms with E-state index in [1.165, 1.54) is 0 Å². The topological polar surface area (TPSA) is 64.6 Å². The molecule has 6 heteroatoms. The maximum atomic E-state index is 12.8. The summed E-state index contributed by atoms with van der Waals surface area (Å²) < 4.78 is 5.88. The van der Waals surface area contributed by atoms with Crippen LogP contribution in [0, 0.1) is 0 Å². The summed E-state index contributed by atoms with van der Waals surface area (Å²) in [6.07, 6.45) is 0.146. The summed E-state index contributed by atoms with van der Waals surface area (Å²) in [7, 11) is 3.60. The molecule has 1 N–H and O–H groups in total. The second-order valence-corrected chi connectivity index (χ2v) is 7.56. The molecule has 0 aliphatic rings. The quantitative estimate of drug-likeness (QED) is 0.407. The molecule has 0 atom stereocenters. The zero-order valence-electron chi connectivity index (χ0n) is 17.8. The average Bonchev–Trinajstić information content (AvgIpc) is 2.79. The van der Waals surface area contributed by atoms with Crippen molar-refractivity contribution in [3.63, 3.8) is 0 Å². The van der Waals surface area contributed by atoms with Gasteiger partial charge in [0.05, 0.1) is 27.1 Å². The molecule has 0 radical (unpaired) electrons. The van der Waals surface area contributed by atoms with E-state index in [0.717, 1.165) is 17.0 Å². The first-order valence-electron chi connectivity index (χ1n) is 10.1.